The molecule has 1 rings (SSSR count). The molecule has 1 aromatic heterocycles. The quantitative estimate of drug-likeness (QED) is 0.735. The maximum absolute atomic E-state index is 8.61. The van der Waals surface area contributed by atoms with Crippen molar-refractivity contribution in [2.24, 2.45) is 0 Å². The van der Waals surface area contributed by atoms with Crippen LogP contribution in [0, 0.1) is 11.3 Å². The van der Waals surface area contributed by atoms with Crippen molar-refractivity contribution in [1.82, 2.24) is 9.97 Å². The normalized spacial score (nSPS) is 11.6. The summed E-state index contributed by atoms with van der Waals surface area (Å²) in [6, 6.07) is 1.99. The Morgan fingerprint density at radius 2 is 2.50 bits per heavy atom. The molecule has 0 aliphatic carbocycles. The second-order valence-electron chi connectivity index (χ2n) is 2.61. The van der Waals surface area contributed by atoms with Crippen LogP contribution in [-0.4, -0.2) is 9.97 Å². The lowest BCUT2D eigenvalue weighted by atomic mass is 10.2. The Hall–Kier alpha value is -2.08. The van der Waals surface area contributed by atoms with Crippen molar-refractivity contribution in [1.29, 1.82) is 5.26 Å². The van der Waals surface area contributed by atoms with Gasteiger partial charge in [0, 0.05) is 5.57 Å². The second-order valence-corrected chi connectivity index (χ2v) is 2.61. The zero-order valence-electron chi connectivity index (χ0n) is 7.99. The average molecular weight is 185 g/mol. The van der Waals surface area contributed by atoms with Gasteiger partial charge in [-0.1, -0.05) is 30.9 Å². The number of hydrogen-bond donors (Lipinski definition) is 1. The molecule has 1 N–H and O–H groups in total. The molecule has 0 saturated carbocycles. The van der Waals surface area contributed by atoms with Crippen LogP contribution in [0.1, 0.15) is 18.4 Å². The Morgan fingerprint density at radius 1 is 1.71 bits per heavy atom. The van der Waals surface area contributed by atoms with Crippen molar-refractivity contribution in [3.8, 4) is 6.07 Å². The van der Waals surface area contributed by atoms with E-state index in [4.69, 9.17) is 5.26 Å². The average Bonchev–Trinajstić information content (AvgIpc) is 2.65. The monoisotopic (exact) mass is 185 g/mol. The highest BCUT2D eigenvalue weighted by Gasteiger charge is 2.01. The van der Waals surface area contributed by atoms with Gasteiger partial charge in [0.1, 0.15) is 17.6 Å². The molecule has 3 nitrogen and oxygen atoms in total. The highest BCUT2D eigenvalue weighted by molar-refractivity contribution is 5.70. The standard InChI is InChI=1S/C11H11N3/c1-3-5-9(6-4-2)11-13-8-10(7-12)14-11/h3-6,8H,1H2,2H3,(H,13,14)/b6-4-,9-5+. The van der Waals surface area contributed by atoms with Crippen LogP contribution >= 0.6 is 0 Å². The minimum absolute atomic E-state index is 0.458. The van der Waals surface area contributed by atoms with Crippen molar-refractivity contribution in [2.45, 2.75) is 6.92 Å². The van der Waals surface area contributed by atoms with Crippen LogP contribution in [0.5, 0.6) is 0 Å². The van der Waals surface area contributed by atoms with Gasteiger partial charge in [0.15, 0.2) is 0 Å². The van der Waals surface area contributed by atoms with Gasteiger partial charge in [-0.25, -0.2) is 4.98 Å². The summed E-state index contributed by atoms with van der Waals surface area (Å²) in [5.41, 5.74) is 1.36. The first-order valence-corrected chi connectivity index (χ1v) is 4.22. The number of H-pyrrole nitrogens is 1. The van der Waals surface area contributed by atoms with E-state index in [0.717, 1.165) is 5.57 Å². The molecule has 0 amide bonds. The molecule has 0 aliphatic rings. The van der Waals surface area contributed by atoms with Crippen LogP contribution in [-0.2, 0) is 0 Å². The first kappa shape index (κ1) is 10.0. The predicted octanol–water partition coefficient (Wildman–Crippen LogP) is 2.43. The Labute approximate surface area is 83.1 Å². The maximum atomic E-state index is 8.61. The van der Waals surface area contributed by atoms with Gasteiger partial charge in [-0.3, -0.25) is 0 Å². The van der Waals surface area contributed by atoms with Gasteiger partial charge in [-0.05, 0) is 6.92 Å². The largest absolute Gasteiger partial charge is 0.330 e. The smallest absolute Gasteiger partial charge is 0.138 e. The Balaban J connectivity index is 3.06. The fourth-order valence-electron chi connectivity index (χ4n) is 1.04. The number of hydrogen-bond acceptors (Lipinski definition) is 2. The Bertz CT molecular complexity index is 416. The van der Waals surface area contributed by atoms with Crippen LogP contribution in [0.2, 0.25) is 0 Å². The number of nitrogens with one attached hydrogen (secondary N) is 1. The van der Waals surface area contributed by atoms with E-state index in [2.05, 4.69) is 16.5 Å². The lowest BCUT2D eigenvalue weighted by molar-refractivity contribution is 1.23. The summed E-state index contributed by atoms with van der Waals surface area (Å²) in [6.45, 7) is 5.54. The highest BCUT2D eigenvalue weighted by Crippen LogP contribution is 2.12. The van der Waals surface area contributed by atoms with E-state index in [1.54, 1.807) is 6.08 Å². The lowest BCUT2D eigenvalue weighted by Gasteiger charge is -1.94. The molecule has 0 spiro atoms. The summed E-state index contributed by atoms with van der Waals surface area (Å²) in [6.07, 6.45) is 8.84. The minimum atomic E-state index is 0.458. The summed E-state index contributed by atoms with van der Waals surface area (Å²) in [4.78, 5) is 6.97. The van der Waals surface area contributed by atoms with Crippen LogP contribution in [0.25, 0.3) is 5.57 Å². The zero-order valence-corrected chi connectivity index (χ0v) is 7.99. The van der Waals surface area contributed by atoms with Gasteiger partial charge in [-0.15, -0.1) is 0 Å². The molecule has 70 valence electrons. The third-order valence-corrected chi connectivity index (χ3v) is 1.61. The lowest BCUT2D eigenvalue weighted by Crippen LogP contribution is -1.83. The van der Waals surface area contributed by atoms with Crippen molar-refractivity contribution >= 4 is 5.57 Å². The van der Waals surface area contributed by atoms with Crippen molar-refractivity contribution in [3.05, 3.63) is 48.6 Å². The molecule has 0 saturated heterocycles. The molecule has 0 aliphatic heterocycles. The SMILES string of the molecule is C=C/C=C(\C=C/C)c1ncc(C#N)[nH]1. The van der Waals surface area contributed by atoms with Gasteiger partial charge in [0.05, 0.1) is 6.20 Å². The van der Waals surface area contributed by atoms with Gasteiger partial charge in [0.2, 0.25) is 0 Å². The molecule has 1 aromatic rings. The third-order valence-electron chi connectivity index (χ3n) is 1.61. The van der Waals surface area contributed by atoms with Gasteiger partial charge < -0.3 is 4.98 Å². The van der Waals surface area contributed by atoms with E-state index in [1.807, 2.05) is 31.2 Å². The first-order chi connectivity index (χ1) is 6.81. The van der Waals surface area contributed by atoms with E-state index in [9.17, 15) is 0 Å². The number of nitrogens with zero attached hydrogens (tertiary/aromatic N) is 2. The van der Waals surface area contributed by atoms with Crippen molar-refractivity contribution < 1.29 is 0 Å². The van der Waals surface area contributed by atoms with Crippen LogP contribution in [0.4, 0.5) is 0 Å². The van der Waals surface area contributed by atoms with E-state index < -0.39 is 0 Å². The summed E-state index contributed by atoms with van der Waals surface area (Å²) < 4.78 is 0. The summed E-state index contributed by atoms with van der Waals surface area (Å²) in [5, 5.41) is 8.61. The summed E-state index contributed by atoms with van der Waals surface area (Å²) in [7, 11) is 0. The molecule has 0 aromatic carbocycles. The second kappa shape index (κ2) is 4.83. The summed E-state index contributed by atoms with van der Waals surface area (Å²) in [5.74, 6) is 0.680. The number of allylic oxidation sites excluding steroid dienone is 5. The Kier molecular flexibility index (Phi) is 3.45. The molecule has 1 heterocycles. The fraction of sp³-hybridized carbons (Fsp3) is 0.0909. The molecule has 0 radical (unpaired) electrons. The minimum Gasteiger partial charge on any atom is -0.330 e. The topological polar surface area (TPSA) is 52.5 Å². The van der Waals surface area contributed by atoms with Crippen molar-refractivity contribution in [2.75, 3.05) is 0 Å². The maximum Gasteiger partial charge on any atom is 0.138 e. The number of aromatic amines is 1. The van der Waals surface area contributed by atoms with E-state index in [-0.39, 0.29) is 0 Å². The van der Waals surface area contributed by atoms with Gasteiger partial charge in [-0.2, -0.15) is 5.26 Å². The fourth-order valence-corrected chi connectivity index (χ4v) is 1.04. The van der Waals surface area contributed by atoms with E-state index in [1.165, 1.54) is 6.20 Å². The van der Waals surface area contributed by atoms with Crippen LogP contribution in [0.15, 0.2) is 37.1 Å². The van der Waals surface area contributed by atoms with Crippen molar-refractivity contribution in [3.63, 3.8) is 0 Å². The Morgan fingerprint density at radius 3 is 3.00 bits per heavy atom. The first-order valence-electron chi connectivity index (χ1n) is 4.22. The zero-order chi connectivity index (χ0) is 10.4. The number of aromatic nitrogens is 2. The molecule has 0 atom stereocenters. The number of rotatable bonds is 3. The van der Waals surface area contributed by atoms with Crippen LogP contribution in [0.3, 0.4) is 0 Å². The molecule has 0 unspecified atom stereocenters. The number of imidazole rings is 1. The highest BCUT2D eigenvalue weighted by atomic mass is 14.9. The van der Waals surface area contributed by atoms with Gasteiger partial charge in [0.25, 0.3) is 0 Å². The summed E-state index contributed by atoms with van der Waals surface area (Å²) >= 11 is 0. The molecular weight excluding hydrogens is 174 g/mol. The molecule has 0 fully saturated rings. The number of nitriles is 1. The molecular formula is C11H11N3. The molecule has 0 bridgehead atoms. The van der Waals surface area contributed by atoms with Gasteiger partial charge >= 0.3 is 0 Å². The van der Waals surface area contributed by atoms with E-state index in [0.29, 0.717) is 11.5 Å². The predicted molar refractivity (Wildman–Crippen MR) is 56.3 cm³/mol. The molecule has 14 heavy (non-hydrogen) atoms. The van der Waals surface area contributed by atoms with Crippen LogP contribution < -0.4 is 0 Å². The van der Waals surface area contributed by atoms with E-state index >= 15 is 0 Å². The third kappa shape index (κ3) is 2.20. The molecule has 3 heteroatoms.